The zero-order chi connectivity index (χ0) is 15.4. The molecule has 2 aliphatic rings. The first-order valence-corrected chi connectivity index (χ1v) is 8.17. The number of nitrogens with one attached hydrogen (secondary N) is 2. The highest BCUT2D eigenvalue weighted by atomic mass is 16.5. The summed E-state index contributed by atoms with van der Waals surface area (Å²) in [6.07, 6.45) is 0.929. The molecule has 2 unspecified atom stereocenters. The molecular formula is C17H25N3O2. The predicted molar refractivity (Wildman–Crippen MR) is 86.9 cm³/mol. The van der Waals surface area contributed by atoms with Gasteiger partial charge in [-0.3, -0.25) is 9.69 Å². The second-order valence-corrected chi connectivity index (χ2v) is 6.13. The number of hydrogen-bond donors (Lipinski definition) is 2. The third-order valence-electron chi connectivity index (χ3n) is 4.69. The van der Waals surface area contributed by atoms with Crippen molar-refractivity contribution in [3.63, 3.8) is 0 Å². The summed E-state index contributed by atoms with van der Waals surface area (Å²) in [5.41, 5.74) is 2.16. The van der Waals surface area contributed by atoms with E-state index in [1.165, 1.54) is 5.56 Å². The fraction of sp³-hybridized carbons (Fsp3) is 0.588. The van der Waals surface area contributed by atoms with E-state index in [2.05, 4.69) is 34.6 Å². The van der Waals surface area contributed by atoms with E-state index < -0.39 is 0 Å². The molecule has 2 fully saturated rings. The maximum absolute atomic E-state index is 12.1. The number of nitrogens with zero attached hydrogens (tertiary/aromatic N) is 1. The number of anilines is 1. The lowest BCUT2D eigenvalue weighted by Crippen LogP contribution is -2.38. The third kappa shape index (κ3) is 3.66. The van der Waals surface area contributed by atoms with Crippen LogP contribution < -0.4 is 10.6 Å². The van der Waals surface area contributed by atoms with Gasteiger partial charge >= 0.3 is 0 Å². The smallest absolute Gasteiger partial charge is 0.228 e. The van der Waals surface area contributed by atoms with E-state index in [9.17, 15) is 4.79 Å². The van der Waals surface area contributed by atoms with Crippen LogP contribution in [0.1, 0.15) is 24.9 Å². The van der Waals surface area contributed by atoms with Crippen molar-refractivity contribution in [1.29, 1.82) is 0 Å². The van der Waals surface area contributed by atoms with Gasteiger partial charge in [-0.05, 0) is 37.6 Å². The van der Waals surface area contributed by atoms with Gasteiger partial charge in [0, 0.05) is 31.4 Å². The second kappa shape index (κ2) is 7.22. The zero-order valence-electron chi connectivity index (χ0n) is 13.2. The first-order chi connectivity index (χ1) is 10.7. The van der Waals surface area contributed by atoms with Gasteiger partial charge in [0.25, 0.3) is 0 Å². The van der Waals surface area contributed by atoms with Crippen LogP contribution in [0.4, 0.5) is 5.69 Å². The van der Waals surface area contributed by atoms with Crippen LogP contribution in [-0.4, -0.2) is 50.2 Å². The molecule has 1 amide bonds. The molecule has 0 spiro atoms. The quantitative estimate of drug-likeness (QED) is 0.888. The van der Waals surface area contributed by atoms with Crippen molar-refractivity contribution < 1.29 is 9.53 Å². The highest BCUT2D eigenvalue weighted by Gasteiger charge is 2.22. The van der Waals surface area contributed by atoms with Crippen molar-refractivity contribution in [3.8, 4) is 0 Å². The Morgan fingerprint density at radius 2 is 2.05 bits per heavy atom. The molecule has 5 heteroatoms. The zero-order valence-corrected chi connectivity index (χ0v) is 13.2. The molecule has 2 aliphatic heterocycles. The Labute approximate surface area is 132 Å². The fourth-order valence-corrected chi connectivity index (χ4v) is 3.14. The van der Waals surface area contributed by atoms with E-state index in [0.29, 0.717) is 6.04 Å². The topological polar surface area (TPSA) is 53.6 Å². The van der Waals surface area contributed by atoms with Crippen molar-refractivity contribution in [2.75, 3.05) is 44.7 Å². The summed E-state index contributed by atoms with van der Waals surface area (Å²) in [4.78, 5) is 14.5. The Kier molecular flexibility index (Phi) is 5.08. The number of amides is 1. The van der Waals surface area contributed by atoms with Crippen LogP contribution in [0.5, 0.6) is 0 Å². The van der Waals surface area contributed by atoms with Gasteiger partial charge in [-0.15, -0.1) is 0 Å². The summed E-state index contributed by atoms with van der Waals surface area (Å²) in [6, 6.07) is 8.62. The van der Waals surface area contributed by atoms with E-state index in [-0.39, 0.29) is 11.8 Å². The molecule has 5 nitrogen and oxygen atoms in total. The minimum absolute atomic E-state index is 0.104. The van der Waals surface area contributed by atoms with Gasteiger partial charge in [0.05, 0.1) is 19.1 Å². The number of morpholine rings is 1. The summed E-state index contributed by atoms with van der Waals surface area (Å²) in [6.45, 7) is 7.54. The molecule has 120 valence electrons. The monoisotopic (exact) mass is 303 g/mol. The Balaban J connectivity index is 1.58. The Hall–Kier alpha value is -1.43. The van der Waals surface area contributed by atoms with Crippen LogP contribution in [0.2, 0.25) is 0 Å². The summed E-state index contributed by atoms with van der Waals surface area (Å²) in [5, 5.41) is 6.24. The molecule has 2 N–H and O–H groups in total. The minimum Gasteiger partial charge on any atom is -0.379 e. The molecule has 2 heterocycles. The van der Waals surface area contributed by atoms with Crippen LogP contribution in [0.15, 0.2) is 24.3 Å². The maximum Gasteiger partial charge on any atom is 0.228 e. The Bertz CT molecular complexity index is 491. The van der Waals surface area contributed by atoms with E-state index in [0.717, 1.165) is 51.5 Å². The normalized spacial score (nSPS) is 24.1. The number of rotatable bonds is 4. The van der Waals surface area contributed by atoms with Crippen LogP contribution >= 0.6 is 0 Å². The lowest BCUT2D eigenvalue weighted by Gasteiger charge is -2.32. The molecule has 0 radical (unpaired) electrons. The van der Waals surface area contributed by atoms with Gasteiger partial charge in [-0.1, -0.05) is 12.1 Å². The molecule has 0 bridgehead atoms. The molecule has 3 rings (SSSR count). The third-order valence-corrected chi connectivity index (χ3v) is 4.69. The maximum atomic E-state index is 12.1. The summed E-state index contributed by atoms with van der Waals surface area (Å²) >= 11 is 0. The van der Waals surface area contributed by atoms with E-state index in [1.54, 1.807) is 0 Å². The standard InChI is InChI=1S/C17H25N3O2/c1-13(20-8-10-22-11-9-20)14-2-4-16(5-3-14)19-17(21)15-6-7-18-12-15/h2-5,13,15,18H,6-12H2,1H3,(H,19,21). The number of hydrogen-bond acceptors (Lipinski definition) is 4. The van der Waals surface area contributed by atoms with Gasteiger partial charge < -0.3 is 15.4 Å². The average molecular weight is 303 g/mol. The average Bonchev–Trinajstić information content (AvgIpc) is 3.10. The Morgan fingerprint density at radius 1 is 1.32 bits per heavy atom. The molecule has 1 aromatic carbocycles. The van der Waals surface area contributed by atoms with Gasteiger partial charge in [0.2, 0.25) is 5.91 Å². The highest BCUT2D eigenvalue weighted by molar-refractivity contribution is 5.92. The Morgan fingerprint density at radius 3 is 2.68 bits per heavy atom. The number of benzene rings is 1. The fourth-order valence-electron chi connectivity index (χ4n) is 3.14. The van der Waals surface area contributed by atoms with Crippen LogP contribution in [-0.2, 0) is 9.53 Å². The van der Waals surface area contributed by atoms with Gasteiger partial charge in [-0.2, -0.15) is 0 Å². The van der Waals surface area contributed by atoms with Crippen molar-refractivity contribution in [2.24, 2.45) is 5.92 Å². The number of ether oxygens (including phenoxy) is 1. The molecule has 2 saturated heterocycles. The molecule has 22 heavy (non-hydrogen) atoms. The number of carbonyl (C=O) groups excluding carboxylic acids is 1. The van der Waals surface area contributed by atoms with Crippen molar-refractivity contribution >= 4 is 11.6 Å². The van der Waals surface area contributed by atoms with Gasteiger partial charge in [0.15, 0.2) is 0 Å². The molecule has 0 saturated carbocycles. The SMILES string of the molecule is CC(c1ccc(NC(=O)C2CCNC2)cc1)N1CCOCC1. The molecule has 0 aliphatic carbocycles. The summed E-state index contributed by atoms with van der Waals surface area (Å²) in [5.74, 6) is 0.228. The van der Waals surface area contributed by atoms with E-state index >= 15 is 0 Å². The van der Waals surface area contributed by atoms with Crippen LogP contribution in [0.3, 0.4) is 0 Å². The van der Waals surface area contributed by atoms with Crippen LogP contribution in [0, 0.1) is 5.92 Å². The molecule has 2 atom stereocenters. The first kappa shape index (κ1) is 15.5. The van der Waals surface area contributed by atoms with Crippen LogP contribution in [0.25, 0.3) is 0 Å². The highest BCUT2D eigenvalue weighted by Crippen LogP contribution is 2.23. The molecular weight excluding hydrogens is 278 g/mol. The largest absolute Gasteiger partial charge is 0.379 e. The first-order valence-electron chi connectivity index (χ1n) is 8.17. The summed E-state index contributed by atoms with van der Waals surface area (Å²) < 4.78 is 5.40. The van der Waals surface area contributed by atoms with E-state index in [4.69, 9.17) is 4.74 Å². The lowest BCUT2D eigenvalue weighted by atomic mass is 10.1. The predicted octanol–water partition coefficient (Wildman–Crippen LogP) is 1.63. The van der Waals surface area contributed by atoms with E-state index in [1.807, 2.05) is 12.1 Å². The lowest BCUT2D eigenvalue weighted by molar-refractivity contribution is -0.119. The number of carbonyl (C=O) groups is 1. The van der Waals surface area contributed by atoms with Crippen molar-refractivity contribution in [1.82, 2.24) is 10.2 Å². The minimum atomic E-state index is 0.104. The van der Waals surface area contributed by atoms with Crippen molar-refractivity contribution in [2.45, 2.75) is 19.4 Å². The van der Waals surface area contributed by atoms with Crippen molar-refractivity contribution in [3.05, 3.63) is 29.8 Å². The molecule has 0 aromatic heterocycles. The molecule has 1 aromatic rings. The second-order valence-electron chi connectivity index (χ2n) is 6.13. The summed E-state index contributed by atoms with van der Waals surface area (Å²) in [7, 11) is 0. The van der Waals surface area contributed by atoms with Gasteiger partial charge in [-0.25, -0.2) is 0 Å². The van der Waals surface area contributed by atoms with Gasteiger partial charge in [0.1, 0.15) is 0 Å².